The molecule has 0 radical (unpaired) electrons. The van der Waals surface area contributed by atoms with Crippen molar-refractivity contribution in [3.8, 4) is 0 Å². The van der Waals surface area contributed by atoms with Gasteiger partial charge in [-0.2, -0.15) is 0 Å². The lowest BCUT2D eigenvalue weighted by Crippen LogP contribution is -2.39. The molecule has 2 heterocycles. The van der Waals surface area contributed by atoms with E-state index in [2.05, 4.69) is 65.8 Å². The van der Waals surface area contributed by atoms with Crippen molar-refractivity contribution >= 4 is 22.8 Å². The number of hydrogen-bond donors (Lipinski definition) is 2. The Morgan fingerprint density at radius 1 is 0.923 bits per heavy atom. The Morgan fingerprint density at radius 2 is 1.73 bits per heavy atom. The van der Waals surface area contributed by atoms with Crippen LogP contribution in [0.1, 0.15) is 29.5 Å². The fourth-order valence-electron chi connectivity index (χ4n) is 3.75. The Hall–Kier alpha value is -2.17. The Morgan fingerprint density at radius 3 is 2.62 bits per heavy atom. The molecule has 2 aromatic rings. The van der Waals surface area contributed by atoms with Gasteiger partial charge in [0.1, 0.15) is 0 Å². The average Bonchev–Trinajstić information content (AvgIpc) is 2.73. The van der Waals surface area contributed by atoms with E-state index in [1.54, 1.807) is 0 Å². The van der Waals surface area contributed by atoms with Crippen molar-refractivity contribution in [2.45, 2.75) is 26.7 Å². The van der Waals surface area contributed by atoms with E-state index < -0.39 is 0 Å². The molecule has 0 atom stereocenters. The van der Waals surface area contributed by atoms with E-state index in [4.69, 9.17) is 4.99 Å². The van der Waals surface area contributed by atoms with Gasteiger partial charge in [-0.05, 0) is 69.6 Å². The third-order valence-electron chi connectivity index (χ3n) is 5.22. The first kappa shape index (κ1) is 17.3. The number of nitrogens with one attached hydrogen (secondary N) is 2. The minimum absolute atomic E-state index is 0.896. The third kappa shape index (κ3) is 3.81. The van der Waals surface area contributed by atoms with E-state index in [0.29, 0.717) is 0 Å². The molecular formula is C22H28N4. The standard InChI is InChI=1S/C22H28N4/c1-16-5-7-19-18(13-16)22(15-26-11-4-3-9-23-10-12-26)25-21-14-17(2)6-8-20(21)24-19/h5-8,13-14,23-24H,3-4,9-12,15H2,1-2H3. The Balaban J connectivity index is 1.72. The number of rotatable bonds is 2. The SMILES string of the molecule is Cc1ccc2c(c1)N=C(CN1CCCCNCC1)c1cc(C)ccc1N2. The second-order valence-electron chi connectivity index (χ2n) is 7.49. The van der Waals surface area contributed by atoms with Gasteiger partial charge >= 0.3 is 0 Å². The first-order valence-electron chi connectivity index (χ1n) is 9.68. The Labute approximate surface area is 156 Å². The molecule has 1 saturated heterocycles. The molecule has 0 aromatic heterocycles. The number of fused-ring (bicyclic) bond motifs is 2. The van der Waals surface area contributed by atoms with Gasteiger partial charge in [-0.1, -0.05) is 17.7 Å². The molecule has 2 aliphatic rings. The van der Waals surface area contributed by atoms with Crippen LogP contribution in [0.2, 0.25) is 0 Å². The van der Waals surface area contributed by atoms with Gasteiger partial charge in [0.05, 0.1) is 17.1 Å². The van der Waals surface area contributed by atoms with Crippen LogP contribution >= 0.6 is 0 Å². The molecule has 4 rings (SSSR count). The van der Waals surface area contributed by atoms with Crippen LogP contribution in [-0.2, 0) is 0 Å². The van der Waals surface area contributed by atoms with Gasteiger partial charge in [-0.3, -0.25) is 4.90 Å². The highest BCUT2D eigenvalue weighted by Gasteiger charge is 2.19. The molecule has 136 valence electrons. The van der Waals surface area contributed by atoms with E-state index in [-0.39, 0.29) is 0 Å². The third-order valence-corrected chi connectivity index (χ3v) is 5.22. The monoisotopic (exact) mass is 348 g/mol. The summed E-state index contributed by atoms with van der Waals surface area (Å²) >= 11 is 0. The van der Waals surface area contributed by atoms with Gasteiger partial charge in [0.25, 0.3) is 0 Å². The zero-order valence-corrected chi connectivity index (χ0v) is 15.8. The summed E-state index contributed by atoms with van der Waals surface area (Å²) in [6, 6.07) is 13.1. The molecule has 4 nitrogen and oxygen atoms in total. The van der Waals surface area contributed by atoms with Crippen molar-refractivity contribution in [2.24, 2.45) is 4.99 Å². The van der Waals surface area contributed by atoms with Crippen molar-refractivity contribution in [3.05, 3.63) is 53.1 Å². The van der Waals surface area contributed by atoms with Crippen molar-refractivity contribution in [3.63, 3.8) is 0 Å². The van der Waals surface area contributed by atoms with Gasteiger partial charge in [0.2, 0.25) is 0 Å². The highest BCUT2D eigenvalue weighted by atomic mass is 15.1. The van der Waals surface area contributed by atoms with Crippen LogP contribution in [0.15, 0.2) is 41.4 Å². The van der Waals surface area contributed by atoms with Crippen LogP contribution in [0.25, 0.3) is 0 Å². The maximum Gasteiger partial charge on any atom is 0.0871 e. The van der Waals surface area contributed by atoms with Crippen LogP contribution in [0.4, 0.5) is 17.1 Å². The maximum atomic E-state index is 5.12. The number of anilines is 2. The van der Waals surface area contributed by atoms with E-state index in [1.165, 1.54) is 35.2 Å². The molecule has 2 aromatic carbocycles. The second-order valence-corrected chi connectivity index (χ2v) is 7.49. The lowest BCUT2D eigenvalue weighted by Gasteiger charge is -2.26. The predicted molar refractivity (Wildman–Crippen MR) is 110 cm³/mol. The predicted octanol–water partition coefficient (Wildman–Crippen LogP) is 4.17. The first-order valence-corrected chi connectivity index (χ1v) is 9.68. The van der Waals surface area contributed by atoms with E-state index in [0.717, 1.165) is 49.8 Å². The number of aryl methyl sites for hydroxylation is 2. The van der Waals surface area contributed by atoms with Crippen molar-refractivity contribution in [2.75, 3.05) is 38.0 Å². The summed E-state index contributed by atoms with van der Waals surface area (Å²) in [5, 5.41) is 7.13. The summed E-state index contributed by atoms with van der Waals surface area (Å²) in [5.74, 6) is 0. The minimum Gasteiger partial charge on any atom is -0.353 e. The van der Waals surface area contributed by atoms with E-state index in [9.17, 15) is 0 Å². The molecule has 4 heteroatoms. The van der Waals surface area contributed by atoms with Crippen LogP contribution in [-0.4, -0.2) is 43.3 Å². The highest BCUT2D eigenvalue weighted by Crippen LogP contribution is 2.35. The summed E-state index contributed by atoms with van der Waals surface area (Å²) in [6.45, 7) is 9.61. The molecule has 1 fully saturated rings. The molecule has 26 heavy (non-hydrogen) atoms. The summed E-state index contributed by atoms with van der Waals surface area (Å²) in [7, 11) is 0. The van der Waals surface area contributed by atoms with Crippen LogP contribution in [0.5, 0.6) is 0 Å². The van der Waals surface area contributed by atoms with Crippen molar-refractivity contribution in [1.29, 1.82) is 0 Å². The molecule has 0 spiro atoms. The number of aliphatic imine (C=N–C) groups is 1. The Bertz CT molecular complexity index is 817. The first-order chi connectivity index (χ1) is 12.7. The lowest BCUT2D eigenvalue weighted by molar-refractivity contribution is 0.287. The molecule has 0 bridgehead atoms. The Kier molecular flexibility index (Phi) is 5.05. The van der Waals surface area contributed by atoms with E-state index >= 15 is 0 Å². The molecular weight excluding hydrogens is 320 g/mol. The van der Waals surface area contributed by atoms with Crippen LogP contribution in [0.3, 0.4) is 0 Å². The summed E-state index contributed by atoms with van der Waals surface area (Å²) in [5.41, 5.74) is 8.20. The smallest absolute Gasteiger partial charge is 0.0871 e. The van der Waals surface area contributed by atoms with Crippen molar-refractivity contribution < 1.29 is 0 Å². The van der Waals surface area contributed by atoms with Gasteiger partial charge in [0, 0.05) is 30.9 Å². The molecule has 2 N–H and O–H groups in total. The maximum absolute atomic E-state index is 5.12. The number of nitrogens with zero attached hydrogens (tertiary/aromatic N) is 2. The number of hydrogen-bond acceptors (Lipinski definition) is 4. The molecule has 0 saturated carbocycles. The van der Waals surface area contributed by atoms with Crippen LogP contribution in [0, 0.1) is 13.8 Å². The second kappa shape index (κ2) is 7.60. The number of benzene rings is 2. The van der Waals surface area contributed by atoms with Crippen LogP contribution < -0.4 is 10.6 Å². The zero-order chi connectivity index (χ0) is 17.9. The van der Waals surface area contributed by atoms with Gasteiger partial charge in [0.15, 0.2) is 0 Å². The topological polar surface area (TPSA) is 39.7 Å². The quantitative estimate of drug-likeness (QED) is 0.856. The zero-order valence-electron chi connectivity index (χ0n) is 15.8. The largest absolute Gasteiger partial charge is 0.353 e. The average molecular weight is 348 g/mol. The minimum atomic E-state index is 0.896. The fourth-order valence-corrected chi connectivity index (χ4v) is 3.75. The lowest BCUT2D eigenvalue weighted by atomic mass is 10.0. The van der Waals surface area contributed by atoms with Crippen molar-refractivity contribution in [1.82, 2.24) is 10.2 Å². The van der Waals surface area contributed by atoms with E-state index in [1.807, 2.05) is 0 Å². The van der Waals surface area contributed by atoms with Gasteiger partial charge < -0.3 is 10.6 Å². The molecule has 2 aliphatic heterocycles. The molecule has 0 unspecified atom stereocenters. The fraction of sp³-hybridized carbons (Fsp3) is 0.409. The normalized spacial score (nSPS) is 17.8. The molecule has 0 amide bonds. The van der Waals surface area contributed by atoms with Gasteiger partial charge in [-0.25, -0.2) is 4.99 Å². The molecule has 0 aliphatic carbocycles. The summed E-state index contributed by atoms with van der Waals surface area (Å²) in [6.07, 6.45) is 2.50. The summed E-state index contributed by atoms with van der Waals surface area (Å²) in [4.78, 5) is 7.66. The highest BCUT2D eigenvalue weighted by molar-refractivity contribution is 6.10. The van der Waals surface area contributed by atoms with Gasteiger partial charge in [-0.15, -0.1) is 0 Å². The summed E-state index contributed by atoms with van der Waals surface area (Å²) < 4.78 is 0.